The van der Waals surface area contributed by atoms with Gasteiger partial charge in [-0.2, -0.15) is 5.10 Å². The number of rotatable bonds is 1. The van der Waals surface area contributed by atoms with Gasteiger partial charge in [0.1, 0.15) is 0 Å². The second-order valence-electron chi connectivity index (χ2n) is 3.80. The molecule has 1 aliphatic heterocycles. The zero-order valence-electron chi connectivity index (χ0n) is 8.60. The minimum atomic E-state index is -1.14. The van der Waals surface area contributed by atoms with Crippen LogP contribution in [0.1, 0.15) is 28.7 Å². The van der Waals surface area contributed by atoms with Gasteiger partial charge in [0.25, 0.3) is 0 Å². The molecule has 2 heterocycles. The summed E-state index contributed by atoms with van der Waals surface area (Å²) in [6.45, 7) is 1.85. The van der Waals surface area contributed by atoms with Crippen LogP contribution in [-0.4, -0.2) is 43.4 Å². The van der Waals surface area contributed by atoms with Crippen molar-refractivity contribution in [3.8, 4) is 0 Å². The van der Waals surface area contributed by atoms with Crippen LogP contribution >= 0.6 is 0 Å². The van der Waals surface area contributed by atoms with Crippen molar-refractivity contribution in [2.75, 3.05) is 0 Å². The number of aromatic amines is 1. The Kier molecular flexibility index (Phi) is 2.30. The van der Waals surface area contributed by atoms with Crippen LogP contribution in [0.15, 0.2) is 0 Å². The minimum absolute atomic E-state index is 0.0734. The van der Waals surface area contributed by atoms with Gasteiger partial charge >= 0.3 is 12.1 Å². The van der Waals surface area contributed by atoms with E-state index in [1.807, 2.05) is 0 Å². The van der Waals surface area contributed by atoms with E-state index in [0.29, 0.717) is 17.7 Å². The van der Waals surface area contributed by atoms with E-state index in [9.17, 15) is 9.59 Å². The van der Waals surface area contributed by atoms with Crippen LogP contribution in [0, 0.1) is 0 Å². The fourth-order valence-electron chi connectivity index (χ4n) is 1.91. The highest BCUT2D eigenvalue weighted by Gasteiger charge is 2.31. The summed E-state index contributed by atoms with van der Waals surface area (Å²) in [6, 6.07) is -0.174. The maximum absolute atomic E-state index is 10.9. The van der Waals surface area contributed by atoms with Crippen LogP contribution < -0.4 is 0 Å². The highest BCUT2D eigenvalue weighted by Crippen LogP contribution is 2.24. The topological polar surface area (TPSA) is 107 Å². The molecule has 86 valence electrons. The van der Waals surface area contributed by atoms with E-state index in [1.54, 1.807) is 6.92 Å². The fourth-order valence-corrected chi connectivity index (χ4v) is 1.91. The summed E-state index contributed by atoms with van der Waals surface area (Å²) in [5.74, 6) is -1.14. The lowest BCUT2D eigenvalue weighted by molar-refractivity contribution is 0.0684. The van der Waals surface area contributed by atoms with Crippen LogP contribution in [0.4, 0.5) is 4.79 Å². The first-order chi connectivity index (χ1) is 7.50. The number of hydrogen-bond donors (Lipinski definition) is 3. The number of carboxylic acid groups (broad SMARTS) is 2. The Hall–Kier alpha value is -2.05. The van der Waals surface area contributed by atoms with Crippen LogP contribution in [0.5, 0.6) is 0 Å². The highest BCUT2D eigenvalue weighted by atomic mass is 16.4. The molecule has 2 rings (SSSR count). The first-order valence-corrected chi connectivity index (χ1v) is 4.79. The number of nitrogens with zero attached hydrogens (tertiary/aromatic N) is 2. The molecule has 0 saturated heterocycles. The van der Waals surface area contributed by atoms with Crippen molar-refractivity contribution in [1.29, 1.82) is 0 Å². The average molecular weight is 225 g/mol. The molecular weight excluding hydrogens is 214 g/mol. The molecule has 0 saturated carbocycles. The molecule has 1 aliphatic rings. The van der Waals surface area contributed by atoms with Crippen molar-refractivity contribution in [2.24, 2.45) is 0 Å². The van der Waals surface area contributed by atoms with Gasteiger partial charge in [0, 0.05) is 23.7 Å². The number of nitrogens with one attached hydrogen (secondary N) is 1. The van der Waals surface area contributed by atoms with Gasteiger partial charge in [-0.15, -0.1) is 0 Å². The third-order valence-corrected chi connectivity index (χ3v) is 2.76. The fraction of sp³-hybridized carbons (Fsp3) is 0.444. The summed E-state index contributed by atoms with van der Waals surface area (Å²) in [4.78, 5) is 23.0. The van der Waals surface area contributed by atoms with Gasteiger partial charge in [0.2, 0.25) is 0 Å². The third kappa shape index (κ3) is 1.50. The lowest BCUT2D eigenvalue weighted by Crippen LogP contribution is -2.41. The minimum Gasteiger partial charge on any atom is -0.476 e. The van der Waals surface area contributed by atoms with Crippen LogP contribution in [0.25, 0.3) is 0 Å². The molecule has 0 aromatic carbocycles. The van der Waals surface area contributed by atoms with Crippen molar-refractivity contribution in [3.05, 3.63) is 17.0 Å². The second-order valence-corrected chi connectivity index (χ2v) is 3.80. The van der Waals surface area contributed by atoms with E-state index in [1.165, 1.54) is 4.90 Å². The molecule has 0 radical (unpaired) electrons. The molecule has 3 N–H and O–H groups in total. The van der Waals surface area contributed by atoms with Gasteiger partial charge in [-0.3, -0.25) is 5.10 Å². The molecule has 1 atom stereocenters. The Morgan fingerprint density at radius 3 is 2.75 bits per heavy atom. The van der Waals surface area contributed by atoms with E-state index in [4.69, 9.17) is 10.2 Å². The van der Waals surface area contributed by atoms with Crippen molar-refractivity contribution in [2.45, 2.75) is 25.9 Å². The summed E-state index contributed by atoms with van der Waals surface area (Å²) in [6.07, 6.45) is -0.585. The van der Waals surface area contributed by atoms with E-state index in [-0.39, 0.29) is 18.3 Å². The lowest BCUT2D eigenvalue weighted by atomic mass is 10.0. The number of carboxylic acids is 1. The molecule has 0 aliphatic carbocycles. The van der Waals surface area contributed by atoms with E-state index in [2.05, 4.69) is 10.2 Å². The van der Waals surface area contributed by atoms with Crippen molar-refractivity contribution in [3.63, 3.8) is 0 Å². The first-order valence-electron chi connectivity index (χ1n) is 4.79. The van der Waals surface area contributed by atoms with Crippen molar-refractivity contribution >= 4 is 12.1 Å². The molecule has 7 heteroatoms. The van der Waals surface area contributed by atoms with E-state index >= 15 is 0 Å². The molecule has 0 bridgehead atoms. The zero-order chi connectivity index (χ0) is 11.9. The Morgan fingerprint density at radius 2 is 2.19 bits per heavy atom. The Balaban J connectivity index is 2.39. The molecule has 16 heavy (non-hydrogen) atoms. The molecular formula is C9H11N3O4. The molecule has 7 nitrogen and oxygen atoms in total. The van der Waals surface area contributed by atoms with Crippen molar-refractivity contribution < 1.29 is 19.8 Å². The van der Waals surface area contributed by atoms with Gasteiger partial charge in [-0.25, -0.2) is 9.59 Å². The number of H-pyrrole nitrogens is 1. The second kappa shape index (κ2) is 3.51. The number of aromatic carboxylic acids is 1. The van der Waals surface area contributed by atoms with Crippen LogP contribution in [0.2, 0.25) is 0 Å². The molecule has 1 aromatic heterocycles. The summed E-state index contributed by atoms with van der Waals surface area (Å²) < 4.78 is 0. The quantitative estimate of drug-likeness (QED) is 0.646. The number of aromatic nitrogens is 2. The number of hydrogen-bond acceptors (Lipinski definition) is 3. The predicted molar refractivity (Wildman–Crippen MR) is 52.3 cm³/mol. The smallest absolute Gasteiger partial charge is 0.407 e. The van der Waals surface area contributed by atoms with Gasteiger partial charge in [0.05, 0.1) is 6.54 Å². The summed E-state index contributed by atoms with van der Waals surface area (Å²) in [7, 11) is 0. The largest absolute Gasteiger partial charge is 0.476 e. The van der Waals surface area contributed by atoms with E-state index in [0.717, 1.165) is 0 Å². The predicted octanol–water partition coefficient (Wildman–Crippen LogP) is 0.533. The van der Waals surface area contributed by atoms with Gasteiger partial charge in [0.15, 0.2) is 5.69 Å². The average Bonchev–Trinajstić information content (AvgIpc) is 2.58. The monoisotopic (exact) mass is 225 g/mol. The van der Waals surface area contributed by atoms with Crippen molar-refractivity contribution in [1.82, 2.24) is 15.1 Å². The number of carbonyl (C=O) groups is 2. The highest BCUT2D eigenvalue weighted by molar-refractivity contribution is 5.87. The summed E-state index contributed by atoms with van der Waals surface area (Å²) in [5.41, 5.74) is 1.09. The maximum atomic E-state index is 10.9. The summed E-state index contributed by atoms with van der Waals surface area (Å²) in [5, 5.41) is 24.1. The van der Waals surface area contributed by atoms with E-state index < -0.39 is 12.1 Å². The van der Waals surface area contributed by atoms with Crippen LogP contribution in [-0.2, 0) is 13.0 Å². The molecule has 0 unspecified atom stereocenters. The standard InChI is InChI=1S/C9H11N3O4/c1-4-2-6-5(3-12(4)9(15)16)7(8(13)14)11-10-6/h4H,2-3H2,1H3,(H,10,11)(H,13,14)(H,15,16)/t4-/m1/s1. The summed E-state index contributed by atoms with van der Waals surface area (Å²) >= 11 is 0. The van der Waals surface area contributed by atoms with Gasteiger partial charge < -0.3 is 15.1 Å². The van der Waals surface area contributed by atoms with Crippen LogP contribution in [0.3, 0.4) is 0 Å². The molecule has 1 amide bonds. The Bertz CT molecular complexity index is 454. The molecule has 0 spiro atoms. The van der Waals surface area contributed by atoms with Gasteiger partial charge in [-0.1, -0.05) is 0 Å². The normalized spacial score (nSPS) is 19.3. The lowest BCUT2D eigenvalue weighted by Gasteiger charge is -2.30. The Morgan fingerprint density at radius 1 is 1.50 bits per heavy atom. The van der Waals surface area contributed by atoms with Gasteiger partial charge in [-0.05, 0) is 6.92 Å². The zero-order valence-corrected chi connectivity index (χ0v) is 8.60. The third-order valence-electron chi connectivity index (χ3n) is 2.76. The maximum Gasteiger partial charge on any atom is 0.407 e. The first kappa shape index (κ1) is 10.5. The SMILES string of the molecule is C[C@@H]1Cc2[nH]nc(C(=O)O)c2CN1C(=O)O. The molecule has 0 fully saturated rings. The number of amides is 1. The Labute approximate surface area is 90.7 Å². The number of fused-ring (bicyclic) bond motifs is 1. The molecule has 1 aromatic rings.